The molecule has 0 fully saturated rings. The minimum absolute atomic E-state index is 0. The number of ether oxygens (including phenoxy) is 1. The lowest BCUT2D eigenvalue weighted by atomic mass is 10.3. The van der Waals surface area contributed by atoms with E-state index in [0.29, 0.717) is 0 Å². The Morgan fingerprint density at radius 1 is 1.30 bits per heavy atom. The van der Waals surface area contributed by atoms with E-state index in [1.165, 1.54) is 0 Å². The SMILES string of the molecule is CCOCCCCNC(=NC)NCCn1ccnc1.I. The van der Waals surface area contributed by atoms with Crippen LogP contribution in [0.5, 0.6) is 0 Å². The molecule has 0 radical (unpaired) electrons. The van der Waals surface area contributed by atoms with E-state index in [-0.39, 0.29) is 24.0 Å². The highest BCUT2D eigenvalue weighted by atomic mass is 127. The second-order valence-corrected chi connectivity index (χ2v) is 4.13. The maximum atomic E-state index is 5.29. The van der Waals surface area contributed by atoms with E-state index in [9.17, 15) is 0 Å². The third-order valence-corrected chi connectivity index (χ3v) is 2.66. The van der Waals surface area contributed by atoms with Crippen LogP contribution in [0.3, 0.4) is 0 Å². The predicted molar refractivity (Wildman–Crippen MR) is 92.7 cm³/mol. The monoisotopic (exact) mass is 395 g/mol. The number of aromatic nitrogens is 2. The number of nitrogens with zero attached hydrogens (tertiary/aromatic N) is 3. The van der Waals surface area contributed by atoms with Gasteiger partial charge in [-0.1, -0.05) is 0 Å². The van der Waals surface area contributed by atoms with Crippen molar-refractivity contribution < 1.29 is 4.74 Å². The molecule has 0 aliphatic rings. The summed E-state index contributed by atoms with van der Waals surface area (Å²) >= 11 is 0. The number of rotatable bonds is 9. The molecule has 0 atom stereocenters. The van der Waals surface area contributed by atoms with E-state index in [4.69, 9.17) is 4.74 Å². The van der Waals surface area contributed by atoms with Gasteiger partial charge in [-0.05, 0) is 19.8 Å². The lowest BCUT2D eigenvalue weighted by molar-refractivity contribution is 0.143. The van der Waals surface area contributed by atoms with Crippen molar-refractivity contribution in [3.8, 4) is 0 Å². The van der Waals surface area contributed by atoms with E-state index < -0.39 is 0 Å². The highest BCUT2D eigenvalue weighted by Crippen LogP contribution is 1.88. The van der Waals surface area contributed by atoms with Gasteiger partial charge in [0.2, 0.25) is 0 Å². The zero-order valence-electron chi connectivity index (χ0n) is 12.3. The van der Waals surface area contributed by atoms with Crippen molar-refractivity contribution in [3.05, 3.63) is 18.7 Å². The first kappa shape index (κ1) is 19.2. The molecule has 20 heavy (non-hydrogen) atoms. The Morgan fingerprint density at radius 2 is 2.10 bits per heavy atom. The van der Waals surface area contributed by atoms with E-state index >= 15 is 0 Å². The van der Waals surface area contributed by atoms with Crippen LogP contribution in [0, 0.1) is 0 Å². The molecule has 0 unspecified atom stereocenters. The number of hydrogen-bond acceptors (Lipinski definition) is 3. The maximum absolute atomic E-state index is 5.29. The van der Waals surface area contributed by atoms with Gasteiger partial charge in [0.25, 0.3) is 0 Å². The van der Waals surface area contributed by atoms with E-state index in [1.807, 2.05) is 24.0 Å². The van der Waals surface area contributed by atoms with Gasteiger partial charge in [-0.25, -0.2) is 4.98 Å². The van der Waals surface area contributed by atoms with Crippen molar-refractivity contribution in [1.29, 1.82) is 0 Å². The van der Waals surface area contributed by atoms with Crippen molar-refractivity contribution in [2.45, 2.75) is 26.3 Å². The predicted octanol–water partition coefficient (Wildman–Crippen LogP) is 1.48. The van der Waals surface area contributed by atoms with Crippen LogP contribution in [0.2, 0.25) is 0 Å². The van der Waals surface area contributed by atoms with Crippen LogP contribution in [0.25, 0.3) is 0 Å². The summed E-state index contributed by atoms with van der Waals surface area (Å²) in [5.74, 6) is 0.844. The molecule has 1 aromatic heterocycles. The molecule has 1 heterocycles. The van der Waals surface area contributed by atoms with Gasteiger partial charge < -0.3 is 19.9 Å². The number of nitrogens with one attached hydrogen (secondary N) is 2. The summed E-state index contributed by atoms with van der Waals surface area (Å²) in [5.41, 5.74) is 0. The Bertz CT molecular complexity index is 343. The van der Waals surface area contributed by atoms with Crippen molar-refractivity contribution in [2.24, 2.45) is 4.99 Å². The number of unbranched alkanes of at least 4 members (excludes halogenated alkanes) is 1. The van der Waals surface area contributed by atoms with Crippen molar-refractivity contribution in [1.82, 2.24) is 20.2 Å². The lowest BCUT2D eigenvalue weighted by Crippen LogP contribution is -2.39. The Kier molecular flexibility index (Phi) is 12.6. The Labute approximate surface area is 138 Å². The molecule has 0 bridgehead atoms. The van der Waals surface area contributed by atoms with Crippen LogP contribution in [0.15, 0.2) is 23.7 Å². The van der Waals surface area contributed by atoms with E-state index in [1.54, 1.807) is 13.2 Å². The molecule has 0 saturated carbocycles. The van der Waals surface area contributed by atoms with Crippen LogP contribution < -0.4 is 10.6 Å². The molecule has 0 spiro atoms. The standard InChI is InChI=1S/C13H25N5O.HI/c1-3-19-11-5-4-6-16-13(14-2)17-8-10-18-9-7-15-12-18;/h7,9,12H,3-6,8,10-11H2,1-2H3,(H2,14,16,17);1H. The lowest BCUT2D eigenvalue weighted by Gasteiger charge is -2.12. The Morgan fingerprint density at radius 3 is 2.75 bits per heavy atom. The number of aliphatic imine (C=N–C) groups is 1. The molecule has 0 aliphatic carbocycles. The van der Waals surface area contributed by atoms with Gasteiger partial charge in [-0.2, -0.15) is 0 Å². The van der Waals surface area contributed by atoms with E-state index in [2.05, 4.69) is 20.6 Å². The van der Waals surface area contributed by atoms with Gasteiger partial charge in [0.1, 0.15) is 0 Å². The molecule has 6 nitrogen and oxygen atoms in total. The average molecular weight is 395 g/mol. The van der Waals surface area contributed by atoms with Crippen LogP contribution in [-0.2, 0) is 11.3 Å². The van der Waals surface area contributed by atoms with Crippen LogP contribution >= 0.6 is 24.0 Å². The van der Waals surface area contributed by atoms with Crippen LogP contribution in [0.1, 0.15) is 19.8 Å². The summed E-state index contributed by atoms with van der Waals surface area (Å²) < 4.78 is 7.32. The summed E-state index contributed by atoms with van der Waals surface area (Å²) in [5, 5.41) is 6.55. The van der Waals surface area contributed by atoms with E-state index in [0.717, 1.165) is 51.6 Å². The summed E-state index contributed by atoms with van der Waals surface area (Å²) in [4.78, 5) is 8.18. The second-order valence-electron chi connectivity index (χ2n) is 4.13. The molecular formula is C13H26IN5O. The fourth-order valence-electron chi connectivity index (χ4n) is 1.62. The molecule has 2 N–H and O–H groups in total. The average Bonchev–Trinajstić information content (AvgIpc) is 2.93. The van der Waals surface area contributed by atoms with Gasteiger partial charge in [-0.3, -0.25) is 4.99 Å². The third kappa shape index (κ3) is 9.13. The highest BCUT2D eigenvalue weighted by molar-refractivity contribution is 14.0. The van der Waals surface area contributed by atoms with Crippen molar-refractivity contribution >= 4 is 29.9 Å². The zero-order valence-corrected chi connectivity index (χ0v) is 14.7. The van der Waals surface area contributed by atoms with Gasteiger partial charge in [0.05, 0.1) is 6.33 Å². The number of imidazole rings is 1. The maximum Gasteiger partial charge on any atom is 0.191 e. The number of guanidine groups is 1. The summed E-state index contributed by atoms with van der Waals surface area (Å²) in [6.07, 6.45) is 7.71. The minimum Gasteiger partial charge on any atom is -0.382 e. The number of hydrogen-bond donors (Lipinski definition) is 2. The first-order chi connectivity index (χ1) is 9.36. The third-order valence-electron chi connectivity index (χ3n) is 2.66. The highest BCUT2D eigenvalue weighted by Gasteiger charge is 1.96. The van der Waals surface area contributed by atoms with Gasteiger partial charge >= 0.3 is 0 Å². The van der Waals surface area contributed by atoms with Crippen LogP contribution in [0.4, 0.5) is 0 Å². The van der Waals surface area contributed by atoms with Gasteiger partial charge in [0.15, 0.2) is 5.96 Å². The minimum atomic E-state index is 0. The van der Waals surface area contributed by atoms with Gasteiger partial charge in [-0.15, -0.1) is 24.0 Å². The Hall–Kier alpha value is -0.830. The quantitative estimate of drug-likeness (QED) is 0.288. The smallest absolute Gasteiger partial charge is 0.191 e. The van der Waals surface area contributed by atoms with Gasteiger partial charge in [0, 0.05) is 52.3 Å². The fourth-order valence-corrected chi connectivity index (χ4v) is 1.62. The molecule has 0 aromatic carbocycles. The summed E-state index contributed by atoms with van der Waals surface area (Å²) in [6.45, 7) is 6.28. The molecule has 116 valence electrons. The summed E-state index contributed by atoms with van der Waals surface area (Å²) in [6, 6.07) is 0. The van der Waals surface area contributed by atoms with Crippen molar-refractivity contribution in [3.63, 3.8) is 0 Å². The molecule has 7 heteroatoms. The largest absolute Gasteiger partial charge is 0.382 e. The first-order valence-corrected chi connectivity index (χ1v) is 6.84. The fraction of sp³-hybridized carbons (Fsp3) is 0.692. The number of halogens is 1. The molecule has 0 saturated heterocycles. The molecule has 1 rings (SSSR count). The molecule has 1 aromatic rings. The molecule has 0 aliphatic heterocycles. The molecule has 0 amide bonds. The first-order valence-electron chi connectivity index (χ1n) is 6.84. The summed E-state index contributed by atoms with van der Waals surface area (Å²) in [7, 11) is 1.78. The second kappa shape index (κ2) is 13.2. The molecular weight excluding hydrogens is 369 g/mol. The normalized spacial score (nSPS) is 11.0. The zero-order chi connectivity index (χ0) is 13.8. The topological polar surface area (TPSA) is 63.5 Å². The Balaban J connectivity index is 0.00000361. The van der Waals surface area contributed by atoms with Crippen LogP contribution in [-0.4, -0.2) is 48.9 Å². The van der Waals surface area contributed by atoms with Crippen molar-refractivity contribution in [2.75, 3.05) is 33.4 Å².